The molecule has 0 aliphatic rings. The van der Waals surface area contributed by atoms with E-state index in [2.05, 4.69) is 20.7 Å². The minimum Gasteiger partial charge on any atom is -0.214 e. The van der Waals surface area contributed by atoms with Crippen LogP contribution in [0.5, 0.6) is 0 Å². The first-order chi connectivity index (χ1) is 6.38. The van der Waals surface area contributed by atoms with E-state index in [-0.39, 0.29) is 0 Å². The molecule has 1 N–H and O–H groups in total. The fourth-order valence-corrected chi connectivity index (χ4v) is 3.28. The molecule has 0 heterocycles. The molecule has 0 unspecified atom stereocenters. The van der Waals surface area contributed by atoms with Crippen LogP contribution in [-0.2, 0) is 10.0 Å². The Morgan fingerprint density at radius 1 is 1.21 bits per heavy atom. The molecular formula is C9H12BrNO2S. The van der Waals surface area contributed by atoms with Gasteiger partial charge in [-0.15, -0.1) is 0 Å². The van der Waals surface area contributed by atoms with Crippen molar-refractivity contribution in [1.29, 1.82) is 0 Å². The summed E-state index contributed by atoms with van der Waals surface area (Å²) in [6.07, 6.45) is 0. The van der Waals surface area contributed by atoms with Crippen LogP contribution in [0.3, 0.4) is 0 Å². The van der Waals surface area contributed by atoms with Crippen molar-refractivity contribution in [2.75, 3.05) is 7.05 Å². The third-order valence-electron chi connectivity index (χ3n) is 1.96. The number of hydrogen-bond acceptors (Lipinski definition) is 2. The first kappa shape index (κ1) is 11.7. The highest BCUT2D eigenvalue weighted by atomic mass is 79.9. The van der Waals surface area contributed by atoms with E-state index in [1.54, 1.807) is 26.0 Å². The van der Waals surface area contributed by atoms with E-state index in [1.807, 2.05) is 0 Å². The van der Waals surface area contributed by atoms with E-state index in [1.165, 1.54) is 7.05 Å². The smallest absolute Gasteiger partial charge is 0.214 e. The Labute approximate surface area is 92.7 Å². The van der Waals surface area contributed by atoms with Crippen molar-refractivity contribution in [3.8, 4) is 0 Å². The predicted octanol–water partition coefficient (Wildman–Crippen LogP) is 1.97. The highest BCUT2D eigenvalue weighted by molar-refractivity contribution is 9.10. The van der Waals surface area contributed by atoms with Gasteiger partial charge in [-0.2, -0.15) is 0 Å². The second-order valence-corrected chi connectivity index (χ2v) is 5.82. The maximum absolute atomic E-state index is 11.6. The molecule has 0 amide bonds. The Morgan fingerprint density at radius 3 is 2.00 bits per heavy atom. The van der Waals surface area contributed by atoms with E-state index >= 15 is 0 Å². The van der Waals surface area contributed by atoms with Crippen molar-refractivity contribution in [3.63, 3.8) is 0 Å². The Bertz CT molecular complexity index is 431. The Kier molecular flexibility index (Phi) is 3.34. The average Bonchev–Trinajstić information content (AvgIpc) is 2.01. The average molecular weight is 278 g/mol. The van der Waals surface area contributed by atoms with Crippen molar-refractivity contribution in [2.45, 2.75) is 18.7 Å². The summed E-state index contributed by atoms with van der Waals surface area (Å²) in [4.78, 5) is 0.364. The maximum Gasteiger partial charge on any atom is 0.240 e. The van der Waals surface area contributed by atoms with E-state index in [9.17, 15) is 8.42 Å². The van der Waals surface area contributed by atoms with Gasteiger partial charge in [0.1, 0.15) is 0 Å². The van der Waals surface area contributed by atoms with Crippen molar-refractivity contribution >= 4 is 26.0 Å². The zero-order valence-corrected chi connectivity index (χ0v) is 10.7. The van der Waals surface area contributed by atoms with E-state index in [0.29, 0.717) is 4.90 Å². The van der Waals surface area contributed by atoms with Gasteiger partial charge in [-0.3, -0.25) is 0 Å². The number of hydrogen-bond donors (Lipinski definition) is 1. The van der Waals surface area contributed by atoms with Crippen LogP contribution in [0.4, 0.5) is 0 Å². The molecule has 0 radical (unpaired) electrons. The summed E-state index contributed by atoms with van der Waals surface area (Å²) in [7, 11) is -1.93. The molecule has 5 heteroatoms. The van der Waals surface area contributed by atoms with Crippen molar-refractivity contribution in [3.05, 3.63) is 27.7 Å². The standard InChI is InChI=1S/C9H12BrNO2S/c1-6-4-8(10)5-7(2)9(6)14(12,13)11-3/h4-5,11H,1-3H3. The van der Waals surface area contributed by atoms with Crippen LogP contribution < -0.4 is 4.72 Å². The first-order valence-electron chi connectivity index (χ1n) is 4.09. The number of aryl methyl sites for hydroxylation is 2. The summed E-state index contributed by atoms with van der Waals surface area (Å²) in [6.45, 7) is 3.56. The monoisotopic (exact) mass is 277 g/mol. The largest absolute Gasteiger partial charge is 0.240 e. The van der Waals surface area contributed by atoms with E-state index < -0.39 is 10.0 Å². The summed E-state index contributed by atoms with van der Waals surface area (Å²) in [6, 6.07) is 3.58. The van der Waals surface area contributed by atoms with Crippen LogP contribution in [0.1, 0.15) is 11.1 Å². The molecular weight excluding hydrogens is 266 g/mol. The molecule has 0 saturated carbocycles. The van der Waals surface area contributed by atoms with E-state index in [4.69, 9.17) is 0 Å². The summed E-state index contributed by atoms with van der Waals surface area (Å²) >= 11 is 3.32. The Balaban J connectivity index is 3.51. The number of nitrogens with one attached hydrogen (secondary N) is 1. The molecule has 1 aromatic rings. The number of benzene rings is 1. The van der Waals surface area contributed by atoms with Crippen LogP contribution >= 0.6 is 15.9 Å². The van der Waals surface area contributed by atoms with Gasteiger partial charge in [0.2, 0.25) is 10.0 Å². The fraction of sp³-hybridized carbons (Fsp3) is 0.333. The molecule has 0 aliphatic carbocycles. The van der Waals surface area contributed by atoms with Crippen molar-refractivity contribution in [2.24, 2.45) is 0 Å². The van der Waals surface area contributed by atoms with Gasteiger partial charge in [0.15, 0.2) is 0 Å². The summed E-state index contributed by atoms with van der Waals surface area (Å²) in [5.41, 5.74) is 1.48. The predicted molar refractivity (Wildman–Crippen MR) is 59.9 cm³/mol. The zero-order valence-electron chi connectivity index (χ0n) is 8.26. The molecule has 1 rings (SSSR count). The lowest BCUT2D eigenvalue weighted by atomic mass is 10.2. The number of sulfonamides is 1. The minimum absolute atomic E-state index is 0.364. The molecule has 0 aromatic heterocycles. The lowest BCUT2D eigenvalue weighted by Crippen LogP contribution is -2.20. The molecule has 0 saturated heterocycles. The molecule has 0 spiro atoms. The third-order valence-corrected chi connectivity index (χ3v) is 4.14. The lowest BCUT2D eigenvalue weighted by Gasteiger charge is -2.10. The highest BCUT2D eigenvalue weighted by Crippen LogP contribution is 2.24. The Morgan fingerprint density at radius 2 is 1.64 bits per heavy atom. The molecule has 0 atom stereocenters. The van der Waals surface area contributed by atoms with Crippen LogP contribution in [0.25, 0.3) is 0 Å². The quantitative estimate of drug-likeness (QED) is 0.899. The van der Waals surface area contributed by atoms with Crippen LogP contribution in [0.2, 0.25) is 0 Å². The van der Waals surface area contributed by atoms with Crippen LogP contribution in [-0.4, -0.2) is 15.5 Å². The SMILES string of the molecule is CNS(=O)(=O)c1c(C)cc(Br)cc1C. The maximum atomic E-state index is 11.6. The number of halogens is 1. The zero-order chi connectivity index (χ0) is 10.9. The summed E-state index contributed by atoms with van der Waals surface area (Å²) in [5, 5.41) is 0. The third kappa shape index (κ3) is 2.16. The molecule has 1 aromatic carbocycles. The first-order valence-corrected chi connectivity index (χ1v) is 6.36. The van der Waals surface area contributed by atoms with Gasteiger partial charge in [-0.25, -0.2) is 13.1 Å². The molecule has 78 valence electrons. The fourth-order valence-electron chi connectivity index (χ4n) is 1.42. The van der Waals surface area contributed by atoms with Gasteiger partial charge >= 0.3 is 0 Å². The number of rotatable bonds is 2. The van der Waals surface area contributed by atoms with Gasteiger partial charge in [0.05, 0.1) is 4.90 Å². The van der Waals surface area contributed by atoms with Gasteiger partial charge in [0.25, 0.3) is 0 Å². The molecule has 0 bridgehead atoms. The van der Waals surface area contributed by atoms with Gasteiger partial charge < -0.3 is 0 Å². The lowest BCUT2D eigenvalue weighted by molar-refractivity contribution is 0.587. The summed E-state index contributed by atoms with van der Waals surface area (Å²) < 4.78 is 26.5. The van der Waals surface area contributed by atoms with Gasteiger partial charge in [-0.05, 0) is 44.2 Å². The van der Waals surface area contributed by atoms with Gasteiger partial charge in [0, 0.05) is 4.47 Å². The topological polar surface area (TPSA) is 46.2 Å². The van der Waals surface area contributed by atoms with Crippen molar-refractivity contribution in [1.82, 2.24) is 4.72 Å². The molecule has 0 fully saturated rings. The molecule has 0 aliphatic heterocycles. The van der Waals surface area contributed by atoms with Crippen LogP contribution in [0.15, 0.2) is 21.5 Å². The van der Waals surface area contributed by atoms with Crippen LogP contribution in [0, 0.1) is 13.8 Å². The second-order valence-electron chi connectivity index (χ2n) is 3.08. The second kappa shape index (κ2) is 4.00. The van der Waals surface area contributed by atoms with Gasteiger partial charge in [-0.1, -0.05) is 15.9 Å². The summed E-state index contributed by atoms with van der Waals surface area (Å²) in [5.74, 6) is 0. The Hall–Kier alpha value is -0.390. The normalized spacial score (nSPS) is 11.7. The molecule has 14 heavy (non-hydrogen) atoms. The van der Waals surface area contributed by atoms with E-state index in [0.717, 1.165) is 15.6 Å². The molecule has 3 nitrogen and oxygen atoms in total. The van der Waals surface area contributed by atoms with Crippen molar-refractivity contribution < 1.29 is 8.42 Å². The highest BCUT2D eigenvalue weighted by Gasteiger charge is 2.17. The minimum atomic E-state index is -3.35.